The number of piperidine rings is 1. The summed E-state index contributed by atoms with van der Waals surface area (Å²) in [4.78, 5) is 39.4. The van der Waals surface area contributed by atoms with Crippen LogP contribution in [0.1, 0.15) is 41.0 Å². The topological polar surface area (TPSA) is 120 Å². The average molecular weight is 470 g/mol. The molecule has 9 heteroatoms. The molecule has 0 aliphatic carbocycles. The van der Waals surface area contributed by atoms with Crippen LogP contribution in [-0.2, 0) is 4.79 Å². The zero-order chi connectivity index (χ0) is 24.8. The zero-order valence-electron chi connectivity index (χ0n) is 19.9. The molecule has 0 aromatic heterocycles. The van der Waals surface area contributed by atoms with Gasteiger partial charge in [-0.1, -0.05) is 26.0 Å². The number of primary amides is 1. The lowest BCUT2D eigenvalue weighted by Gasteiger charge is -2.35. The third kappa shape index (κ3) is 5.78. The van der Waals surface area contributed by atoms with Crippen LogP contribution >= 0.6 is 0 Å². The lowest BCUT2D eigenvalue weighted by atomic mass is 9.91. The van der Waals surface area contributed by atoms with Gasteiger partial charge in [0.15, 0.2) is 18.1 Å². The standard InChI is InChI=1S/C25H31N3O6/c1-15-9-16(2)13-28(12-15)25(31)18-7-5-6-8-19(18)27-24(30)17-10-20(32-3)23(21(11-17)33-4)34-14-22(26)29/h5-8,10-11,15-16H,9,12-14H2,1-4H3,(H2,26,29)(H,27,30). The predicted molar refractivity (Wildman–Crippen MR) is 127 cm³/mol. The molecular formula is C25H31N3O6. The third-order valence-corrected chi connectivity index (χ3v) is 5.64. The Morgan fingerprint density at radius 3 is 2.18 bits per heavy atom. The van der Waals surface area contributed by atoms with Gasteiger partial charge in [-0.3, -0.25) is 14.4 Å². The molecule has 9 nitrogen and oxygen atoms in total. The smallest absolute Gasteiger partial charge is 0.255 e. The van der Waals surface area contributed by atoms with Crippen LogP contribution in [0.25, 0.3) is 0 Å². The van der Waals surface area contributed by atoms with Crippen molar-refractivity contribution in [2.45, 2.75) is 20.3 Å². The van der Waals surface area contributed by atoms with E-state index in [0.717, 1.165) is 6.42 Å². The summed E-state index contributed by atoms with van der Waals surface area (Å²) in [5.74, 6) is 0.166. The molecule has 0 saturated carbocycles. The van der Waals surface area contributed by atoms with E-state index >= 15 is 0 Å². The van der Waals surface area contributed by atoms with Gasteiger partial charge in [-0.05, 0) is 42.5 Å². The molecule has 1 saturated heterocycles. The predicted octanol–water partition coefficient (Wildman–Crippen LogP) is 2.94. The molecule has 0 radical (unpaired) electrons. The molecule has 34 heavy (non-hydrogen) atoms. The zero-order valence-corrected chi connectivity index (χ0v) is 19.9. The van der Waals surface area contributed by atoms with Crippen molar-refractivity contribution in [3.63, 3.8) is 0 Å². The van der Waals surface area contributed by atoms with Gasteiger partial charge in [0.2, 0.25) is 5.75 Å². The molecule has 1 aliphatic rings. The minimum absolute atomic E-state index is 0.111. The van der Waals surface area contributed by atoms with Crippen molar-refractivity contribution in [1.82, 2.24) is 4.90 Å². The SMILES string of the molecule is COc1cc(C(=O)Nc2ccccc2C(=O)N2CC(C)CC(C)C2)cc(OC)c1OCC(N)=O. The lowest BCUT2D eigenvalue weighted by Crippen LogP contribution is -2.42. The number of rotatable bonds is 8. The van der Waals surface area contributed by atoms with Crippen molar-refractivity contribution in [1.29, 1.82) is 0 Å². The van der Waals surface area contributed by atoms with Gasteiger partial charge in [0.05, 0.1) is 25.5 Å². The van der Waals surface area contributed by atoms with E-state index in [2.05, 4.69) is 19.2 Å². The molecule has 1 fully saturated rings. The number of carbonyl (C=O) groups excluding carboxylic acids is 3. The highest BCUT2D eigenvalue weighted by atomic mass is 16.5. The van der Waals surface area contributed by atoms with Crippen molar-refractivity contribution < 1.29 is 28.6 Å². The number of nitrogens with zero attached hydrogens (tertiary/aromatic N) is 1. The summed E-state index contributed by atoms with van der Waals surface area (Å²) in [7, 11) is 2.81. The van der Waals surface area contributed by atoms with Gasteiger partial charge in [-0.25, -0.2) is 0 Å². The van der Waals surface area contributed by atoms with Crippen LogP contribution in [0.2, 0.25) is 0 Å². The summed E-state index contributed by atoms with van der Waals surface area (Å²) in [5.41, 5.74) is 6.22. The van der Waals surface area contributed by atoms with Gasteiger partial charge in [0, 0.05) is 18.7 Å². The number of amides is 3. The monoisotopic (exact) mass is 469 g/mol. The maximum atomic E-state index is 13.3. The highest BCUT2D eigenvalue weighted by Gasteiger charge is 2.28. The Labute approximate surface area is 199 Å². The number of nitrogens with one attached hydrogen (secondary N) is 1. The first-order chi connectivity index (χ1) is 16.2. The molecule has 2 aromatic carbocycles. The third-order valence-electron chi connectivity index (χ3n) is 5.64. The Hall–Kier alpha value is -3.75. The largest absolute Gasteiger partial charge is 0.493 e. The van der Waals surface area contributed by atoms with E-state index in [0.29, 0.717) is 36.2 Å². The number of hydrogen-bond donors (Lipinski definition) is 2. The van der Waals surface area contributed by atoms with Crippen LogP contribution < -0.4 is 25.3 Å². The fourth-order valence-corrected chi connectivity index (χ4v) is 4.27. The molecule has 3 N–H and O–H groups in total. The molecule has 0 bridgehead atoms. The average Bonchev–Trinajstić information content (AvgIpc) is 2.81. The van der Waals surface area contributed by atoms with E-state index < -0.39 is 11.8 Å². The molecule has 2 unspecified atom stereocenters. The second-order valence-electron chi connectivity index (χ2n) is 8.62. The van der Waals surface area contributed by atoms with Crippen molar-refractivity contribution >= 4 is 23.4 Å². The molecular weight excluding hydrogens is 438 g/mol. The number of benzene rings is 2. The number of anilines is 1. The first-order valence-electron chi connectivity index (χ1n) is 11.1. The van der Waals surface area contributed by atoms with E-state index in [9.17, 15) is 14.4 Å². The van der Waals surface area contributed by atoms with E-state index in [1.807, 2.05) is 4.90 Å². The van der Waals surface area contributed by atoms with Crippen molar-refractivity contribution in [3.8, 4) is 17.2 Å². The first-order valence-corrected chi connectivity index (χ1v) is 11.1. The van der Waals surface area contributed by atoms with Crippen molar-refractivity contribution in [2.75, 3.05) is 39.2 Å². The van der Waals surface area contributed by atoms with Crippen LogP contribution in [0.3, 0.4) is 0 Å². The minimum atomic E-state index is -0.662. The molecule has 3 rings (SSSR count). The van der Waals surface area contributed by atoms with Gasteiger partial charge in [0.1, 0.15) is 0 Å². The minimum Gasteiger partial charge on any atom is -0.493 e. The molecule has 2 aromatic rings. The summed E-state index contributed by atoms with van der Waals surface area (Å²) in [6, 6.07) is 9.87. The molecule has 0 spiro atoms. The maximum Gasteiger partial charge on any atom is 0.255 e. The highest BCUT2D eigenvalue weighted by molar-refractivity contribution is 6.09. The summed E-state index contributed by atoms with van der Waals surface area (Å²) in [6.45, 7) is 5.28. The molecule has 1 aliphatic heterocycles. The number of para-hydroxylation sites is 1. The fraction of sp³-hybridized carbons (Fsp3) is 0.400. The van der Waals surface area contributed by atoms with E-state index in [-0.39, 0.29) is 35.3 Å². The van der Waals surface area contributed by atoms with Gasteiger partial charge in [-0.15, -0.1) is 0 Å². The number of hydrogen-bond acceptors (Lipinski definition) is 6. The Morgan fingerprint density at radius 2 is 1.62 bits per heavy atom. The second-order valence-corrected chi connectivity index (χ2v) is 8.62. The van der Waals surface area contributed by atoms with Gasteiger partial charge in [-0.2, -0.15) is 0 Å². The van der Waals surface area contributed by atoms with Crippen molar-refractivity contribution in [3.05, 3.63) is 47.5 Å². The maximum absolute atomic E-state index is 13.3. The lowest BCUT2D eigenvalue weighted by molar-refractivity contribution is -0.120. The summed E-state index contributed by atoms with van der Waals surface area (Å²) in [6.07, 6.45) is 1.09. The second kappa shape index (κ2) is 10.9. The van der Waals surface area contributed by atoms with E-state index in [1.54, 1.807) is 24.3 Å². The number of ether oxygens (including phenoxy) is 3. The quantitative estimate of drug-likeness (QED) is 0.613. The number of methoxy groups -OCH3 is 2. The van der Waals surface area contributed by atoms with Crippen LogP contribution in [-0.4, -0.2) is 56.5 Å². The molecule has 3 amide bonds. The first kappa shape index (κ1) is 24.9. The normalized spacial score (nSPS) is 17.6. The van der Waals surface area contributed by atoms with Gasteiger partial charge >= 0.3 is 0 Å². The Morgan fingerprint density at radius 1 is 1.03 bits per heavy atom. The number of nitrogens with two attached hydrogens (primary N) is 1. The summed E-state index contributed by atoms with van der Waals surface area (Å²) in [5, 5.41) is 2.83. The van der Waals surface area contributed by atoms with Crippen LogP contribution in [0, 0.1) is 11.8 Å². The fourth-order valence-electron chi connectivity index (χ4n) is 4.27. The van der Waals surface area contributed by atoms with Crippen LogP contribution in [0.4, 0.5) is 5.69 Å². The number of carbonyl (C=O) groups is 3. The van der Waals surface area contributed by atoms with Gasteiger partial charge < -0.3 is 30.2 Å². The van der Waals surface area contributed by atoms with Crippen LogP contribution in [0.15, 0.2) is 36.4 Å². The highest BCUT2D eigenvalue weighted by Crippen LogP contribution is 2.39. The Bertz CT molecular complexity index is 1040. The van der Waals surface area contributed by atoms with E-state index in [4.69, 9.17) is 19.9 Å². The summed E-state index contributed by atoms with van der Waals surface area (Å²) < 4.78 is 16.0. The van der Waals surface area contributed by atoms with E-state index in [1.165, 1.54) is 26.4 Å². The molecule has 2 atom stereocenters. The van der Waals surface area contributed by atoms with Crippen molar-refractivity contribution in [2.24, 2.45) is 17.6 Å². The molecule has 182 valence electrons. The van der Waals surface area contributed by atoms with Crippen LogP contribution in [0.5, 0.6) is 17.2 Å². The van der Waals surface area contributed by atoms with Gasteiger partial charge in [0.25, 0.3) is 17.7 Å². The Balaban J connectivity index is 1.86. The summed E-state index contributed by atoms with van der Waals surface area (Å²) >= 11 is 0. The molecule has 1 heterocycles. The number of likely N-dealkylation sites (tertiary alicyclic amines) is 1. The Kier molecular flexibility index (Phi) is 7.99.